The molecule has 1 N–H and O–H groups in total. The fourth-order valence-corrected chi connectivity index (χ4v) is 2.01. The molecule has 0 saturated heterocycles. The van der Waals surface area contributed by atoms with Crippen molar-refractivity contribution in [2.45, 2.75) is 32.7 Å². The van der Waals surface area contributed by atoms with E-state index in [4.69, 9.17) is 0 Å². The molecule has 0 spiro atoms. The van der Waals surface area contributed by atoms with Gasteiger partial charge in [0.1, 0.15) is 5.82 Å². The minimum absolute atomic E-state index is 0.516. The predicted octanol–water partition coefficient (Wildman–Crippen LogP) is 3.22. The van der Waals surface area contributed by atoms with Gasteiger partial charge in [-0.25, -0.2) is 4.98 Å². The molecule has 0 amide bonds. The summed E-state index contributed by atoms with van der Waals surface area (Å²) >= 11 is 0. The zero-order valence-corrected chi connectivity index (χ0v) is 12.4. The van der Waals surface area contributed by atoms with Gasteiger partial charge in [-0.05, 0) is 46.3 Å². The van der Waals surface area contributed by atoms with Gasteiger partial charge >= 0.3 is 0 Å². The zero-order chi connectivity index (χ0) is 14.1. The number of hydrogen-bond acceptors (Lipinski definition) is 2. The van der Waals surface area contributed by atoms with Crippen LogP contribution in [0.1, 0.15) is 30.8 Å². The lowest BCUT2D eigenvalue weighted by Gasteiger charge is -2.14. The Kier molecular flexibility index (Phi) is 6.90. The molecule has 1 aromatic carbocycles. The van der Waals surface area contributed by atoms with Crippen LogP contribution in [-0.4, -0.2) is 23.6 Å². The van der Waals surface area contributed by atoms with Gasteiger partial charge in [0, 0.05) is 18.4 Å². The molecule has 0 saturated carbocycles. The molecule has 1 atom stereocenters. The van der Waals surface area contributed by atoms with Crippen LogP contribution in [0.4, 0.5) is 0 Å². The number of imidazole rings is 1. The van der Waals surface area contributed by atoms with Crippen LogP contribution >= 0.6 is 0 Å². The SMILES string of the molecule is CNC.Cc1nccn1C(C)CCc1ccccc1. The minimum atomic E-state index is 0.516. The average molecular weight is 259 g/mol. The highest BCUT2D eigenvalue weighted by Gasteiger charge is 2.06. The molecular weight excluding hydrogens is 234 g/mol. The van der Waals surface area contributed by atoms with Crippen molar-refractivity contribution >= 4 is 0 Å². The summed E-state index contributed by atoms with van der Waals surface area (Å²) in [6.45, 7) is 4.30. The van der Waals surface area contributed by atoms with E-state index in [1.54, 1.807) is 0 Å². The van der Waals surface area contributed by atoms with Crippen molar-refractivity contribution in [1.82, 2.24) is 14.9 Å². The van der Waals surface area contributed by atoms with Gasteiger partial charge in [0.25, 0.3) is 0 Å². The van der Waals surface area contributed by atoms with Crippen molar-refractivity contribution in [3.63, 3.8) is 0 Å². The molecule has 3 heteroatoms. The molecule has 0 aliphatic carbocycles. The van der Waals surface area contributed by atoms with E-state index in [1.165, 1.54) is 5.56 Å². The summed E-state index contributed by atoms with van der Waals surface area (Å²) in [6, 6.07) is 11.2. The molecule has 104 valence electrons. The van der Waals surface area contributed by atoms with E-state index in [1.807, 2.05) is 20.3 Å². The van der Waals surface area contributed by atoms with Crippen molar-refractivity contribution in [2.75, 3.05) is 14.1 Å². The monoisotopic (exact) mass is 259 g/mol. The number of aromatic nitrogens is 2. The number of benzene rings is 1. The van der Waals surface area contributed by atoms with Crippen molar-refractivity contribution in [2.24, 2.45) is 0 Å². The summed E-state index contributed by atoms with van der Waals surface area (Å²) < 4.78 is 2.24. The van der Waals surface area contributed by atoms with Gasteiger partial charge in [-0.1, -0.05) is 30.3 Å². The lowest BCUT2D eigenvalue weighted by Crippen LogP contribution is -2.07. The van der Waals surface area contributed by atoms with E-state index in [0.717, 1.165) is 18.7 Å². The maximum absolute atomic E-state index is 4.26. The molecule has 3 nitrogen and oxygen atoms in total. The Morgan fingerprint density at radius 3 is 2.37 bits per heavy atom. The molecule has 2 rings (SSSR count). The molecule has 2 aromatic rings. The number of aryl methyl sites for hydroxylation is 2. The summed E-state index contributed by atoms with van der Waals surface area (Å²) in [4.78, 5) is 4.26. The normalized spacial score (nSPS) is 11.6. The number of rotatable bonds is 4. The van der Waals surface area contributed by atoms with Crippen LogP contribution < -0.4 is 5.32 Å². The first-order chi connectivity index (χ1) is 9.19. The Morgan fingerprint density at radius 1 is 1.21 bits per heavy atom. The minimum Gasteiger partial charge on any atom is -0.332 e. The molecule has 1 unspecified atom stereocenters. The molecule has 1 heterocycles. The second-order valence-corrected chi connectivity index (χ2v) is 4.76. The highest BCUT2D eigenvalue weighted by molar-refractivity contribution is 5.14. The molecule has 1 aromatic heterocycles. The lowest BCUT2D eigenvalue weighted by molar-refractivity contribution is 0.496. The van der Waals surface area contributed by atoms with Crippen LogP contribution in [0.25, 0.3) is 0 Å². The summed E-state index contributed by atoms with van der Waals surface area (Å²) in [5.74, 6) is 1.10. The van der Waals surface area contributed by atoms with Crippen molar-refractivity contribution < 1.29 is 0 Å². The van der Waals surface area contributed by atoms with Crippen LogP contribution in [-0.2, 0) is 6.42 Å². The Hall–Kier alpha value is -1.61. The Labute approximate surface area is 116 Å². The van der Waals surface area contributed by atoms with Gasteiger partial charge in [0.15, 0.2) is 0 Å². The fraction of sp³-hybridized carbons (Fsp3) is 0.438. The second kappa shape index (κ2) is 8.48. The highest BCUT2D eigenvalue weighted by atomic mass is 15.1. The van der Waals surface area contributed by atoms with Crippen LogP contribution in [0.2, 0.25) is 0 Å². The predicted molar refractivity (Wildman–Crippen MR) is 81.4 cm³/mol. The van der Waals surface area contributed by atoms with Crippen molar-refractivity contribution in [3.05, 3.63) is 54.1 Å². The Bertz CT molecular complexity index is 448. The first kappa shape index (κ1) is 15.4. The number of hydrogen-bond donors (Lipinski definition) is 1. The van der Waals surface area contributed by atoms with Gasteiger partial charge in [-0.3, -0.25) is 0 Å². The second-order valence-electron chi connectivity index (χ2n) is 4.76. The first-order valence-electron chi connectivity index (χ1n) is 6.80. The molecular formula is C16H25N3. The van der Waals surface area contributed by atoms with Gasteiger partial charge in [-0.2, -0.15) is 0 Å². The summed E-state index contributed by atoms with van der Waals surface area (Å²) in [6.07, 6.45) is 6.21. The standard InChI is InChI=1S/C14H18N2.C2H7N/c1-12(16-11-10-15-13(16)2)8-9-14-6-4-3-5-7-14;1-3-2/h3-7,10-12H,8-9H2,1-2H3;3H,1-2H3. The third-order valence-corrected chi connectivity index (χ3v) is 3.03. The molecule has 0 aliphatic rings. The van der Waals surface area contributed by atoms with Gasteiger partial charge in [0.2, 0.25) is 0 Å². The van der Waals surface area contributed by atoms with E-state index in [-0.39, 0.29) is 0 Å². The lowest BCUT2D eigenvalue weighted by atomic mass is 10.1. The molecule has 19 heavy (non-hydrogen) atoms. The molecule has 0 bridgehead atoms. The average Bonchev–Trinajstić information content (AvgIpc) is 2.84. The van der Waals surface area contributed by atoms with E-state index in [2.05, 4.69) is 65.2 Å². The summed E-state index contributed by atoms with van der Waals surface area (Å²) in [7, 11) is 3.75. The maximum Gasteiger partial charge on any atom is 0.105 e. The van der Waals surface area contributed by atoms with Gasteiger partial charge in [-0.15, -0.1) is 0 Å². The van der Waals surface area contributed by atoms with Crippen LogP contribution in [0.5, 0.6) is 0 Å². The molecule has 0 fully saturated rings. The smallest absolute Gasteiger partial charge is 0.105 e. The summed E-state index contributed by atoms with van der Waals surface area (Å²) in [5.41, 5.74) is 1.41. The largest absolute Gasteiger partial charge is 0.332 e. The fourth-order valence-electron chi connectivity index (χ4n) is 2.01. The first-order valence-corrected chi connectivity index (χ1v) is 6.80. The van der Waals surface area contributed by atoms with Crippen molar-refractivity contribution in [3.8, 4) is 0 Å². The van der Waals surface area contributed by atoms with E-state index in [0.29, 0.717) is 6.04 Å². The molecule has 0 radical (unpaired) electrons. The van der Waals surface area contributed by atoms with E-state index >= 15 is 0 Å². The van der Waals surface area contributed by atoms with Crippen molar-refractivity contribution in [1.29, 1.82) is 0 Å². The Morgan fingerprint density at radius 2 is 1.84 bits per heavy atom. The topological polar surface area (TPSA) is 29.9 Å². The quantitative estimate of drug-likeness (QED) is 0.913. The Balaban J connectivity index is 0.000000550. The van der Waals surface area contributed by atoms with Gasteiger partial charge < -0.3 is 9.88 Å². The van der Waals surface area contributed by atoms with Crippen LogP contribution in [0.3, 0.4) is 0 Å². The van der Waals surface area contributed by atoms with Crippen LogP contribution in [0, 0.1) is 6.92 Å². The van der Waals surface area contributed by atoms with E-state index in [9.17, 15) is 0 Å². The van der Waals surface area contributed by atoms with Crippen LogP contribution in [0.15, 0.2) is 42.7 Å². The summed E-state index contributed by atoms with van der Waals surface area (Å²) in [5, 5.41) is 2.75. The highest BCUT2D eigenvalue weighted by Crippen LogP contribution is 2.15. The third-order valence-electron chi connectivity index (χ3n) is 3.03. The third kappa shape index (κ3) is 5.26. The maximum atomic E-state index is 4.26. The zero-order valence-electron chi connectivity index (χ0n) is 12.4. The number of nitrogens with one attached hydrogen (secondary N) is 1. The molecule has 0 aliphatic heterocycles. The van der Waals surface area contributed by atoms with E-state index < -0.39 is 0 Å². The number of nitrogens with zero attached hydrogens (tertiary/aromatic N) is 2. The van der Waals surface area contributed by atoms with Gasteiger partial charge in [0.05, 0.1) is 0 Å².